The Morgan fingerprint density at radius 1 is 1.18 bits per heavy atom. The van der Waals surface area contributed by atoms with Gasteiger partial charge in [0.15, 0.2) is 0 Å². The van der Waals surface area contributed by atoms with Crippen molar-refractivity contribution in [3.05, 3.63) is 54.4 Å². The molecule has 0 aliphatic carbocycles. The first-order valence-corrected chi connectivity index (χ1v) is 7.37. The van der Waals surface area contributed by atoms with Gasteiger partial charge in [-0.1, -0.05) is 41.6 Å². The number of fused-ring (bicyclic) bond motifs is 1. The first kappa shape index (κ1) is 14.3. The summed E-state index contributed by atoms with van der Waals surface area (Å²) in [5.41, 5.74) is 1.75. The van der Waals surface area contributed by atoms with Gasteiger partial charge in [0, 0.05) is 30.2 Å². The third-order valence-corrected chi connectivity index (χ3v) is 3.51. The number of rotatable bonds is 5. The largest absolute Gasteiger partial charge is 0.326 e. The molecular formula is C17H18N4O. The van der Waals surface area contributed by atoms with Crippen LogP contribution in [-0.4, -0.2) is 20.9 Å². The second-order valence-electron chi connectivity index (χ2n) is 5.30. The Kier molecular flexibility index (Phi) is 4.14. The van der Waals surface area contributed by atoms with Crippen LogP contribution >= 0.6 is 0 Å². The molecule has 2 aromatic carbocycles. The number of hydrogen-bond donors (Lipinski definition) is 1. The van der Waals surface area contributed by atoms with E-state index in [1.54, 1.807) is 4.68 Å². The predicted molar refractivity (Wildman–Crippen MR) is 86.6 cm³/mol. The SMILES string of the molecule is Cc1cn(CCCC(=O)Nc2cccc3ccccc23)nn1. The predicted octanol–water partition coefficient (Wildman–Crippen LogP) is 3.16. The summed E-state index contributed by atoms with van der Waals surface area (Å²) in [5.74, 6) is 0.0215. The Labute approximate surface area is 129 Å². The number of amides is 1. The molecule has 0 bridgehead atoms. The summed E-state index contributed by atoms with van der Waals surface area (Å²) in [6.45, 7) is 2.60. The summed E-state index contributed by atoms with van der Waals surface area (Å²) in [4.78, 5) is 12.1. The lowest BCUT2D eigenvalue weighted by molar-refractivity contribution is -0.116. The van der Waals surface area contributed by atoms with Gasteiger partial charge in [-0.05, 0) is 24.8 Å². The maximum Gasteiger partial charge on any atom is 0.224 e. The topological polar surface area (TPSA) is 59.8 Å². The van der Waals surface area contributed by atoms with E-state index < -0.39 is 0 Å². The number of benzene rings is 2. The van der Waals surface area contributed by atoms with Crippen LogP contribution in [0.15, 0.2) is 48.7 Å². The highest BCUT2D eigenvalue weighted by Gasteiger charge is 2.06. The molecule has 0 radical (unpaired) electrons. The van der Waals surface area contributed by atoms with Crippen LogP contribution in [0.4, 0.5) is 5.69 Å². The molecule has 112 valence electrons. The van der Waals surface area contributed by atoms with Crippen LogP contribution in [0.3, 0.4) is 0 Å². The summed E-state index contributed by atoms with van der Waals surface area (Å²) in [5, 5.41) is 13.1. The first-order valence-electron chi connectivity index (χ1n) is 7.37. The Hall–Kier alpha value is -2.69. The van der Waals surface area contributed by atoms with Crippen LogP contribution in [0, 0.1) is 6.92 Å². The third kappa shape index (κ3) is 3.31. The van der Waals surface area contributed by atoms with Crippen molar-refractivity contribution >= 4 is 22.4 Å². The van der Waals surface area contributed by atoms with Gasteiger partial charge in [0.1, 0.15) is 0 Å². The maximum absolute atomic E-state index is 12.1. The number of aromatic nitrogens is 3. The zero-order valence-corrected chi connectivity index (χ0v) is 12.5. The van der Waals surface area contributed by atoms with Gasteiger partial charge < -0.3 is 5.32 Å². The summed E-state index contributed by atoms with van der Waals surface area (Å²) in [6.07, 6.45) is 3.07. The van der Waals surface area contributed by atoms with Gasteiger partial charge in [-0.3, -0.25) is 9.48 Å². The molecule has 0 spiro atoms. The van der Waals surface area contributed by atoms with E-state index in [0.29, 0.717) is 13.0 Å². The monoisotopic (exact) mass is 294 g/mol. The fourth-order valence-electron chi connectivity index (χ4n) is 2.45. The molecular weight excluding hydrogens is 276 g/mol. The number of hydrogen-bond acceptors (Lipinski definition) is 3. The minimum atomic E-state index is 0.0215. The smallest absolute Gasteiger partial charge is 0.224 e. The average molecular weight is 294 g/mol. The Balaban J connectivity index is 1.59. The van der Waals surface area contributed by atoms with Crippen molar-refractivity contribution in [1.82, 2.24) is 15.0 Å². The quantitative estimate of drug-likeness (QED) is 0.786. The summed E-state index contributed by atoms with van der Waals surface area (Å²) in [6, 6.07) is 14.0. The molecule has 0 saturated heterocycles. The van der Waals surface area contributed by atoms with E-state index in [1.165, 1.54) is 0 Å². The molecule has 5 nitrogen and oxygen atoms in total. The highest BCUT2D eigenvalue weighted by Crippen LogP contribution is 2.23. The molecule has 1 heterocycles. The van der Waals surface area contributed by atoms with Crippen LogP contribution in [0.2, 0.25) is 0 Å². The molecule has 22 heavy (non-hydrogen) atoms. The maximum atomic E-state index is 12.1. The minimum Gasteiger partial charge on any atom is -0.326 e. The molecule has 1 aromatic heterocycles. The van der Waals surface area contributed by atoms with Crippen molar-refractivity contribution in [1.29, 1.82) is 0 Å². The van der Waals surface area contributed by atoms with E-state index in [0.717, 1.165) is 28.6 Å². The molecule has 3 rings (SSSR count). The molecule has 1 N–H and O–H groups in total. The van der Waals surface area contributed by atoms with Gasteiger partial charge in [0.05, 0.1) is 5.69 Å². The molecule has 0 aliphatic rings. The van der Waals surface area contributed by atoms with E-state index >= 15 is 0 Å². The highest BCUT2D eigenvalue weighted by molar-refractivity contribution is 6.02. The van der Waals surface area contributed by atoms with E-state index in [4.69, 9.17) is 0 Å². The number of carbonyl (C=O) groups is 1. The van der Waals surface area contributed by atoms with Crippen LogP contribution in [0.1, 0.15) is 18.5 Å². The number of carbonyl (C=O) groups excluding carboxylic acids is 1. The van der Waals surface area contributed by atoms with Crippen LogP contribution in [0.5, 0.6) is 0 Å². The van der Waals surface area contributed by atoms with E-state index in [9.17, 15) is 4.79 Å². The Morgan fingerprint density at radius 2 is 2.00 bits per heavy atom. The van der Waals surface area contributed by atoms with Crippen molar-refractivity contribution < 1.29 is 4.79 Å². The minimum absolute atomic E-state index is 0.0215. The molecule has 0 aliphatic heterocycles. The van der Waals surface area contributed by atoms with Gasteiger partial charge in [-0.15, -0.1) is 5.10 Å². The van der Waals surface area contributed by atoms with Crippen LogP contribution in [0.25, 0.3) is 10.8 Å². The first-order chi connectivity index (χ1) is 10.7. The van der Waals surface area contributed by atoms with Crippen molar-refractivity contribution in [2.75, 3.05) is 5.32 Å². The molecule has 0 atom stereocenters. The second-order valence-corrected chi connectivity index (χ2v) is 5.30. The van der Waals surface area contributed by atoms with Crippen molar-refractivity contribution in [2.24, 2.45) is 0 Å². The lowest BCUT2D eigenvalue weighted by Gasteiger charge is -2.08. The normalized spacial score (nSPS) is 10.8. The van der Waals surface area contributed by atoms with Crippen molar-refractivity contribution in [2.45, 2.75) is 26.3 Å². The van der Waals surface area contributed by atoms with Crippen molar-refractivity contribution in [3.8, 4) is 0 Å². The zero-order chi connectivity index (χ0) is 15.4. The lowest BCUT2D eigenvalue weighted by Crippen LogP contribution is -2.12. The zero-order valence-electron chi connectivity index (χ0n) is 12.5. The van der Waals surface area contributed by atoms with Crippen molar-refractivity contribution in [3.63, 3.8) is 0 Å². The number of nitrogens with one attached hydrogen (secondary N) is 1. The highest BCUT2D eigenvalue weighted by atomic mass is 16.1. The summed E-state index contributed by atoms with van der Waals surface area (Å²) >= 11 is 0. The van der Waals surface area contributed by atoms with Gasteiger partial charge in [0.2, 0.25) is 5.91 Å². The van der Waals surface area contributed by atoms with E-state index in [1.807, 2.05) is 55.6 Å². The second kappa shape index (κ2) is 6.39. The van der Waals surface area contributed by atoms with Gasteiger partial charge >= 0.3 is 0 Å². The summed E-state index contributed by atoms with van der Waals surface area (Å²) in [7, 11) is 0. The fourth-order valence-corrected chi connectivity index (χ4v) is 2.45. The molecule has 5 heteroatoms. The van der Waals surface area contributed by atoms with Crippen LogP contribution in [-0.2, 0) is 11.3 Å². The van der Waals surface area contributed by atoms with Gasteiger partial charge in [-0.25, -0.2) is 0 Å². The molecule has 1 amide bonds. The van der Waals surface area contributed by atoms with Gasteiger partial charge in [0.25, 0.3) is 0 Å². The number of aryl methyl sites for hydroxylation is 2. The molecule has 0 fully saturated rings. The Morgan fingerprint density at radius 3 is 2.82 bits per heavy atom. The van der Waals surface area contributed by atoms with E-state index in [2.05, 4.69) is 15.6 Å². The molecule has 3 aromatic rings. The fraction of sp³-hybridized carbons (Fsp3) is 0.235. The van der Waals surface area contributed by atoms with Gasteiger partial charge in [-0.2, -0.15) is 0 Å². The van der Waals surface area contributed by atoms with E-state index in [-0.39, 0.29) is 5.91 Å². The third-order valence-electron chi connectivity index (χ3n) is 3.51. The Bertz CT molecular complexity index is 789. The lowest BCUT2D eigenvalue weighted by atomic mass is 10.1. The average Bonchev–Trinajstić information content (AvgIpc) is 2.93. The standard InChI is InChI=1S/C17H18N4O/c1-13-12-21(20-19-13)11-5-10-17(22)18-16-9-4-7-14-6-2-3-8-15(14)16/h2-4,6-9,12H,5,10-11H2,1H3,(H,18,22). The van der Waals surface area contributed by atoms with Crippen LogP contribution < -0.4 is 5.32 Å². The molecule has 0 unspecified atom stereocenters. The number of anilines is 1. The summed E-state index contributed by atoms with van der Waals surface area (Å²) < 4.78 is 1.76. The number of nitrogens with zero attached hydrogens (tertiary/aromatic N) is 3. The molecule has 0 saturated carbocycles.